The summed E-state index contributed by atoms with van der Waals surface area (Å²) in [7, 11) is 0. The van der Waals surface area contributed by atoms with Crippen LogP contribution in [-0.4, -0.2) is 21.2 Å². The van der Waals surface area contributed by atoms with Crippen LogP contribution in [0.2, 0.25) is 0 Å². The summed E-state index contributed by atoms with van der Waals surface area (Å²) in [6.07, 6.45) is 0.966. The lowest BCUT2D eigenvalue weighted by Crippen LogP contribution is -2.19. The molecule has 0 saturated carbocycles. The average Bonchev–Trinajstić information content (AvgIpc) is 2.91. The van der Waals surface area contributed by atoms with E-state index in [9.17, 15) is 0 Å². The molecule has 2 aromatic heterocycles. The number of hydrogen-bond donors (Lipinski definition) is 1. The van der Waals surface area contributed by atoms with Crippen molar-refractivity contribution in [2.45, 2.75) is 19.4 Å². The molecule has 0 radical (unpaired) electrons. The zero-order valence-corrected chi connectivity index (χ0v) is 11.4. The quantitative estimate of drug-likeness (QED) is 0.791. The predicted octanol–water partition coefficient (Wildman–Crippen LogP) is 3.13. The van der Waals surface area contributed by atoms with E-state index < -0.39 is 0 Å². The molecule has 3 aromatic rings. The van der Waals surface area contributed by atoms with Gasteiger partial charge in [0.1, 0.15) is 5.52 Å². The van der Waals surface area contributed by atoms with Gasteiger partial charge in [-0.15, -0.1) is 21.5 Å². The molecule has 0 aliphatic heterocycles. The molecule has 5 heteroatoms. The maximum absolute atomic E-state index is 4.46. The molecule has 3 rings (SSSR count). The van der Waals surface area contributed by atoms with E-state index in [2.05, 4.69) is 44.9 Å². The molecule has 0 amide bonds. The molecule has 0 saturated heterocycles. The van der Waals surface area contributed by atoms with Crippen molar-refractivity contribution in [3.05, 3.63) is 46.7 Å². The van der Waals surface area contributed by atoms with Crippen LogP contribution in [0.25, 0.3) is 11.0 Å². The standard InChI is InChI=1S/C14H14N4S/c1-10(9-11-5-4-8-19-11)15-14-16-12-6-2-3-7-13(12)17-18-14/h2-8,10H,9H2,1H3,(H,15,16,18). The van der Waals surface area contributed by atoms with E-state index in [-0.39, 0.29) is 6.04 Å². The highest BCUT2D eigenvalue weighted by atomic mass is 32.1. The van der Waals surface area contributed by atoms with Crippen molar-refractivity contribution >= 4 is 28.3 Å². The minimum Gasteiger partial charge on any atom is -0.350 e. The Morgan fingerprint density at radius 3 is 2.74 bits per heavy atom. The van der Waals surface area contributed by atoms with Gasteiger partial charge in [-0.1, -0.05) is 18.2 Å². The first kappa shape index (κ1) is 12.0. The van der Waals surface area contributed by atoms with Gasteiger partial charge in [0, 0.05) is 17.3 Å². The molecular weight excluding hydrogens is 256 g/mol. The topological polar surface area (TPSA) is 50.7 Å². The largest absolute Gasteiger partial charge is 0.350 e. The molecular formula is C14H14N4S. The van der Waals surface area contributed by atoms with E-state index in [0.29, 0.717) is 5.95 Å². The first-order valence-electron chi connectivity index (χ1n) is 6.19. The van der Waals surface area contributed by atoms with Gasteiger partial charge >= 0.3 is 0 Å². The number of nitrogens with one attached hydrogen (secondary N) is 1. The summed E-state index contributed by atoms with van der Waals surface area (Å²) in [5.74, 6) is 0.586. The minimum atomic E-state index is 0.279. The molecule has 4 nitrogen and oxygen atoms in total. The van der Waals surface area contributed by atoms with E-state index >= 15 is 0 Å². The molecule has 0 aliphatic carbocycles. The maximum atomic E-state index is 4.46. The number of anilines is 1. The third kappa shape index (κ3) is 2.88. The van der Waals surface area contributed by atoms with E-state index in [1.165, 1.54) is 4.88 Å². The zero-order valence-electron chi connectivity index (χ0n) is 10.6. The molecule has 1 aromatic carbocycles. The van der Waals surface area contributed by atoms with Crippen molar-refractivity contribution in [2.24, 2.45) is 0 Å². The van der Waals surface area contributed by atoms with Crippen molar-refractivity contribution in [3.63, 3.8) is 0 Å². The predicted molar refractivity (Wildman–Crippen MR) is 78.4 cm³/mol. The Balaban J connectivity index is 1.73. The molecule has 0 aliphatic rings. The molecule has 1 unspecified atom stereocenters. The van der Waals surface area contributed by atoms with Gasteiger partial charge in [-0.2, -0.15) is 0 Å². The second-order valence-corrected chi connectivity index (χ2v) is 5.49. The van der Waals surface area contributed by atoms with Crippen molar-refractivity contribution in [3.8, 4) is 0 Å². The smallest absolute Gasteiger partial charge is 0.243 e. The normalized spacial score (nSPS) is 12.5. The Kier molecular flexibility index (Phi) is 3.37. The fourth-order valence-corrected chi connectivity index (χ4v) is 2.78. The number of rotatable bonds is 4. The van der Waals surface area contributed by atoms with Gasteiger partial charge in [-0.3, -0.25) is 0 Å². The van der Waals surface area contributed by atoms with Gasteiger partial charge in [0.15, 0.2) is 0 Å². The summed E-state index contributed by atoms with van der Waals surface area (Å²) < 4.78 is 0. The minimum absolute atomic E-state index is 0.279. The zero-order chi connectivity index (χ0) is 13.1. The van der Waals surface area contributed by atoms with Crippen LogP contribution in [0.1, 0.15) is 11.8 Å². The number of aromatic nitrogens is 3. The first-order chi connectivity index (χ1) is 9.31. The molecule has 1 N–H and O–H groups in total. The average molecular weight is 270 g/mol. The molecule has 96 valence electrons. The van der Waals surface area contributed by atoms with Crippen LogP contribution >= 0.6 is 11.3 Å². The third-order valence-corrected chi connectivity index (χ3v) is 3.72. The van der Waals surface area contributed by atoms with Crippen LogP contribution in [0.15, 0.2) is 41.8 Å². The van der Waals surface area contributed by atoms with E-state index in [1.54, 1.807) is 11.3 Å². The molecule has 0 bridgehead atoms. The first-order valence-corrected chi connectivity index (χ1v) is 7.07. The molecule has 19 heavy (non-hydrogen) atoms. The van der Waals surface area contributed by atoms with Crippen LogP contribution in [0.5, 0.6) is 0 Å². The van der Waals surface area contributed by atoms with Crippen LogP contribution < -0.4 is 5.32 Å². The number of fused-ring (bicyclic) bond motifs is 1. The highest BCUT2D eigenvalue weighted by Gasteiger charge is 2.07. The summed E-state index contributed by atoms with van der Waals surface area (Å²) in [5.41, 5.74) is 1.68. The van der Waals surface area contributed by atoms with Crippen molar-refractivity contribution in [1.29, 1.82) is 0 Å². The molecule has 0 fully saturated rings. The molecule has 2 heterocycles. The lowest BCUT2D eigenvalue weighted by atomic mass is 10.2. The second kappa shape index (κ2) is 5.32. The van der Waals surface area contributed by atoms with Crippen molar-refractivity contribution in [2.75, 3.05) is 5.32 Å². The Labute approximate surface area is 115 Å². The fourth-order valence-electron chi connectivity index (χ4n) is 1.94. The summed E-state index contributed by atoms with van der Waals surface area (Å²) in [6, 6.07) is 12.2. The van der Waals surface area contributed by atoms with Crippen LogP contribution in [0.4, 0.5) is 5.95 Å². The monoisotopic (exact) mass is 270 g/mol. The van der Waals surface area contributed by atoms with Crippen molar-refractivity contribution < 1.29 is 0 Å². The summed E-state index contributed by atoms with van der Waals surface area (Å²) in [5, 5.41) is 13.7. The number of para-hydroxylation sites is 1. The highest BCUT2D eigenvalue weighted by molar-refractivity contribution is 7.09. The third-order valence-electron chi connectivity index (χ3n) is 2.82. The van der Waals surface area contributed by atoms with Crippen LogP contribution in [0, 0.1) is 0 Å². The van der Waals surface area contributed by atoms with Crippen molar-refractivity contribution in [1.82, 2.24) is 15.2 Å². The van der Waals surface area contributed by atoms with Gasteiger partial charge < -0.3 is 5.32 Å². The van der Waals surface area contributed by atoms with Gasteiger partial charge in [0.2, 0.25) is 5.95 Å². The Hall–Kier alpha value is -2.01. The van der Waals surface area contributed by atoms with Crippen LogP contribution in [0.3, 0.4) is 0 Å². The van der Waals surface area contributed by atoms with E-state index in [1.807, 2.05) is 24.3 Å². The summed E-state index contributed by atoms with van der Waals surface area (Å²) in [4.78, 5) is 5.82. The van der Waals surface area contributed by atoms with Gasteiger partial charge in [0.05, 0.1) is 5.52 Å². The highest BCUT2D eigenvalue weighted by Crippen LogP contribution is 2.14. The maximum Gasteiger partial charge on any atom is 0.243 e. The Morgan fingerprint density at radius 1 is 1.11 bits per heavy atom. The van der Waals surface area contributed by atoms with Crippen LogP contribution in [-0.2, 0) is 6.42 Å². The van der Waals surface area contributed by atoms with Gasteiger partial charge in [-0.25, -0.2) is 4.98 Å². The lowest BCUT2D eigenvalue weighted by molar-refractivity contribution is 0.781. The van der Waals surface area contributed by atoms with Gasteiger partial charge in [0.25, 0.3) is 0 Å². The van der Waals surface area contributed by atoms with Gasteiger partial charge in [-0.05, 0) is 30.5 Å². The Bertz CT molecular complexity index is 666. The van der Waals surface area contributed by atoms with E-state index in [0.717, 1.165) is 17.5 Å². The SMILES string of the molecule is CC(Cc1cccs1)Nc1nnc2ccccc2n1. The number of hydrogen-bond acceptors (Lipinski definition) is 5. The van der Waals surface area contributed by atoms with E-state index in [4.69, 9.17) is 0 Å². The fraction of sp³-hybridized carbons (Fsp3) is 0.214. The summed E-state index contributed by atoms with van der Waals surface area (Å²) >= 11 is 1.77. The lowest BCUT2D eigenvalue weighted by Gasteiger charge is -2.12. The number of thiophene rings is 1. The second-order valence-electron chi connectivity index (χ2n) is 4.45. The molecule has 0 spiro atoms. The number of nitrogens with zero attached hydrogens (tertiary/aromatic N) is 3. The summed E-state index contributed by atoms with van der Waals surface area (Å²) in [6.45, 7) is 2.12. The number of benzene rings is 1. The molecule has 1 atom stereocenters. The Morgan fingerprint density at radius 2 is 1.95 bits per heavy atom.